The highest BCUT2D eigenvalue weighted by molar-refractivity contribution is 5.61. The molecule has 90 valence electrons. The van der Waals surface area contributed by atoms with Crippen molar-refractivity contribution < 1.29 is 0 Å². The Bertz CT molecular complexity index is 489. The monoisotopic (exact) mass is 227 g/mol. The highest BCUT2D eigenvalue weighted by Gasteiger charge is 2.09. The van der Waals surface area contributed by atoms with Crippen LogP contribution in [0.3, 0.4) is 0 Å². The van der Waals surface area contributed by atoms with Gasteiger partial charge in [0.1, 0.15) is 0 Å². The first-order valence-electron chi connectivity index (χ1n) is 6.40. The van der Waals surface area contributed by atoms with Crippen LogP contribution in [0.15, 0.2) is 36.4 Å². The van der Waals surface area contributed by atoms with E-state index in [0.717, 1.165) is 6.42 Å². The minimum Gasteiger partial charge on any atom is -0.342 e. The SMILES string of the molecule is CCc1ccc(-c2ccc(C)n2C(C)C)cc1. The van der Waals surface area contributed by atoms with E-state index in [2.05, 4.69) is 68.7 Å². The van der Waals surface area contributed by atoms with E-state index in [4.69, 9.17) is 0 Å². The largest absolute Gasteiger partial charge is 0.342 e. The van der Waals surface area contributed by atoms with Crippen molar-refractivity contribution in [3.8, 4) is 11.3 Å². The van der Waals surface area contributed by atoms with Gasteiger partial charge in [0.2, 0.25) is 0 Å². The molecule has 0 spiro atoms. The van der Waals surface area contributed by atoms with Crippen molar-refractivity contribution in [1.29, 1.82) is 0 Å². The second kappa shape index (κ2) is 4.79. The third kappa shape index (κ3) is 2.28. The van der Waals surface area contributed by atoms with E-state index in [9.17, 15) is 0 Å². The summed E-state index contributed by atoms with van der Waals surface area (Å²) in [6, 6.07) is 13.8. The van der Waals surface area contributed by atoms with E-state index in [1.54, 1.807) is 0 Å². The molecule has 0 aliphatic heterocycles. The Morgan fingerprint density at radius 2 is 1.65 bits per heavy atom. The van der Waals surface area contributed by atoms with E-state index >= 15 is 0 Å². The second-order valence-electron chi connectivity index (χ2n) is 4.87. The first-order valence-corrected chi connectivity index (χ1v) is 6.40. The first kappa shape index (κ1) is 12.0. The van der Waals surface area contributed by atoms with Gasteiger partial charge in [-0.15, -0.1) is 0 Å². The average molecular weight is 227 g/mol. The van der Waals surface area contributed by atoms with E-state index in [1.165, 1.54) is 22.5 Å². The fraction of sp³-hybridized carbons (Fsp3) is 0.375. The summed E-state index contributed by atoms with van der Waals surface area (Å²) in [6.45, 7) is 8.83. The smallest absolute Gasteiger partial charge is 0.0484 e. The van der Waals surface area contributed by atoms with Gasteiger partial charge in [-0.25, -0.2) is 0 Å². The van der Waals surface area contributed by atoms with Crippen molar-refractivity contribution in [3.05, 3.63) is 47.7 Å². The molecule has 0 aliphatic rings. The molecule has 2 aromatic rings. The minimum absolute atomic E-state index is 0.505. The maximum absolute atomic E-state index is 2.39. The molecular formula is C16H21N. The van der Waals surface area contributed by atoms with Gasteiger partial charge >= 0.3 is 0 Å². The Balaban J connectivity index is 2.45. The van der Waals surface area contributed by atoms with E-state index in [1.807, 2.05) is 0 Å². The maximum atomic E-state index is 2.39. The van der Waals surface area contributed by atoms with Crippen LogP contribution >= 0.6 is 0 Å². The van der Waals surface area contributed by atoms with Gasteiger partial charge in [-0.3, -0.25) is 0 Å². The van der Waals surface area contributed by atoms with Crippen molar-refractivity contribution in [2.45, 2.75) is 40.2 Å². The molecule has 1 heteroatoms. The normalized spacial score (nSPS) is 11.1. The van der Waals surface area contributed by atoms with Gasteiger partial charge in [0.05, 0.1) is 0 Å². The van der Waals surface area contributed by atoms with Crippen molar-refractivity contribution >= 4 is 0 Å². The summed E-state index contributed by atoms with van der Waals surface area (Å²) < 4.78 is 2.39. The molecule has 0 saturated carbocycles. The lowest BCUT2D eigenvalue weighted by atomic mass is 10.1. The molecule has 0 atom stereocenters. The molecule has 0 saturated heterocycles. The summed E-state index contributed by atoms with van der Waals surface area (Å²) in [4.78, 5) is 0. The van der Waals surface area contributed by atoms with Crippen LogP contribution < -0.4 is 0 Å². The predicted octanol–water partition coefficient (Wildman–Crippen LogP) is 4.61. The highest BCUT2D eigenvalue weighted by atomic mass is 15.0. The summed E-state index contributed by atoms with van der Waals surface area (Å²) in [6.07, 6.45) is 1.10. The molecule has 2 rings (SSSR count). The molecule has 0 N–H and O–H groups in total. The fourth-order valence-electron chi connectivity index (χ4n) is 2.38. The zero-order valence-corrected chi connectivity index (χ0v) is 11.2. The summed E-state index contributed by atoms with van der Waals surface area (Å²) in [7, 11) is 0. The quantitative estimate of drug-likeness (QED) is 0.721. The van der Waals surface area contributed by atoms with Crippen LogP contribution in [-0.4, -0.2) is 4.57 Å². The average Bonchev–Trinajstić information content (AvgIpc) is 2.71. The summed E-state index contributed by atoms with van der Waals surface area (Å²) in [5.74, 6) is 0. The molecule has 0 amide bonds. The molecule has 0 aliphatic carbocycles. The summed E-state index contributed by atoms with van der Waals surface area (Å²) in [5.41, 5.74) is 5.35. The Hall–Kier alpha value is -1.50. The third-order valence-electron chi connectivity index (χ3n) is 3.30. The lowest BCUT2D eigenvalue weighted by Crippen LogP contribution is -2.04. The van der Waals surface area contributed by atoms with Crippen LogP contribution in [0.25, 0.3) is 11.3 Å². The maximum Gasteiger partial charge on any atom is 0.0484 e. The van der Waals surface area contributed by atoms with Gasteiger partial charge in [-0.05, 0) is 50.5 Å². The number of nitrogens with zero attached hydrogens (tertiary/aromatic N) is 1. The van der Waals surface area contributed by atoms with Gasteiger partial charge in [0.15, 0.2) is 0 Å². The van der Waals surface area contributed by atoms with Gasteiger partial charge < -0.3 is 4.57 Å². The molecule has 0 radical (unpaired) electrons. The molecule has 17 heavy (non-hydrogen) atoms. The van der Waals surface area contributed by atoms with Crippen LogP contribution in [0, 0.1) is 6.92 Å². The lowest BCUT2D eigenvalue weighted by Gasteiger charge is -2.16. The van der Waals surface area contributed by atoms with Gasteiger partial charge in [-0.2, -0.15) is 0 Å². The molecule has 1 aromatic carbocycles. The second-order valence-corrected chi connectivity index (χ2v) is 4.87. The topological polar surface area (TPSA) is 4.93 Å². The van der Waals surface area contributed by atoms with Crippen LogP contribution in [0.5, 0.6) is 0 Å². The molecule has 0 unspecified atom stereocenters. The Labute approximate surface area is 104 Å². The van der Waals surface area contributed by atoms with Crippen LogP contribution in [0.2, 0.25) is 0 Å². The van der Waals surface area contributed by atoms with Crippen molar-refractivity contribution in [1.82, 2.24) is 4.57 Å². The molecular weight excluding hydrogens is 206 g/mol. The zero-order valence-electron chi connectivity index (χ0n) is 11.2. The van der Waals surface area contributed by atoms with Crippen LogP contribution in [-0.2, 0) is 6.42 Å². The lowest BCUT2D eigenvalue weighted by molar-refractivity contribution is 0.595. The number of benzene rings is 1. The van der Waals surface area contributed by atoms with Gasteiger partial charge in [-0.1, -0.05) is 31.2 Å². The summed E-state index contributed by atoms with van der Waals surface area (Å²) in [5, 5.41) is 0. The third-order valence-corrected chi connectivity index (χ3v) is 3.30. The number of hydrogen-bond acceptors (Lipinski definition) is 0. The minimum atomic E-state index is 0.505. The zero-order chi connectivity index (χ0) is 12.4. The van der Waals surface area contributed by atoms with Crippen LogP contribution in [0.1, 0.15) is 38.1 Å². The van der Waals surface area contributed by atoms with Gasteiger partial charge in [0.25, 0.3) is 0 Å². The summed E-state index contributed by atoms with van der Waals surface area (Å²) >= 11 is 0. The van der Waals surface area contributed by atoms with Crippen molar-refractivity contribution in [3.63, 3.8) is 0 Å². The highest BCUT2D eigenvalue weighted by Crippen LogP contribution is 2.26. The first-order chi connectivity index (χ1) is 8.13. The Morgan fingerprint density at radius 1 is 1.00 bits per heavy atom. The fourth-order valence-corrected chi connectivity index (χ4v) is 2.38. The van der Waals surface area contributed by atoms with Crippen LogP contribution in [0.4, 0.5) is 0 Å². The molecule has 1 nitrogen and oxygen atoms in total. The Morgan fingerprint density at radius 3 is 2.18 bits per heavy atom. The van der Waals surface area contributed by atoms with E-state index in [0.29, 0.717) is 6.04 Å². The molecule has 0 fully saturated rings. The standard InChI is InChI=1S/C16H21N/c1-5-14-7-9-15(10-8-14)16-11-6-13(4)17(16)12(2)3/h6-12H,5H2,1-4H3. The number of aryl methyl sites for hydroxylation is 2. The molecule has 0 bridgehead atoms. The van der Waals surface area contributed by atoms with Crippen molar-refractivity contribution in [2.24, 2.45) is 0 Å². The number of hydrogen-bond donors (Lipinski definition) is 0. The van der Waals surface area contributed by atoms with E-state index < -0.39 is 0 Å². The predicted molar refractivity (Wildman–Crippen MR) is 74.4 cm³/mol. The Kier molecular flexibility index (Phi) is 3.37. The van der Waals surface area contributed by atoms with Crippen molar-refractivity contribution in [2.75, 3.05) is 0 Å². The van der Waals surface area contributed by atoms with E-state index in [-0.39, 0.29) is 0 Å². The number of rotatable bonds is 3. The van der Waals surface area contributed by atoms with Gasteiger partial charge in [0, 0.05) is 17.4 Å². The number of aromatic nitrogens is 1. The molecule has 1 heterocycles. The molecule has 1 aromatic heterocycles.